The molecule has 3 nitrogen and oxygen atoms in total. The molecule has 0 bridgehead atoms. The molecule has 0 aromatic carbocycles. The predicted octanol–water partition coefficient (Wildman–Crippen LogP) is 4.15. The Hall–Kier alpha value is -2.34. The quantitative estimate of drug-likeness (QED) is 0.671. The second-order valence-corrected chi connectivity index (χ2v) is 5.71. The fourth-order valence-electron chi connectivity index (χ4n) is 2.09. The number of terminal acetylenes is 1. The van der Waals surface area contributed by atoms with Crippen molar-refractivity contribution in [2.45, 2.75) is 45.4 Å². The van der Waals surface area contributed by atoms with Crippen LogP contribution in [-0.2, 0) is 0 Å². The summed E-state index contributed by atoms with van der Waals surface area (Å²) in [4.78, 5) is 4.39. The maximum Gasteiger partial charge on any atom is 0.0739 e. The summed E-state index contributed by atoms with van der Waals surface area (Å²) >= 11 is 0. The Labute approximate surface area is 133 Å². The lowest BCUT2D eigenvalue weighted by atomic mass is 10.1. The molecule has 2 heterocycles. The Morgan fingerprint density at radius 1 is 1.55 bits per heavy atom. The van der Waals surface area contributed by atoms with Gasteiger partial charge in [0.25, 0.3) is 0 Å². The lowest BCUT2D eigenvalue weighted by Crippen LogP contribution is -1.98. The first-order chi connectivity index (χ1) is 10.6. The molecule has 0 amide bonds. The first-order valence-corrected chi connectivity index (χ1v) is 7.66. The largest absolute Gasteiger partial charge is 0.283 e. The smallest absolute Gasteiger partial charge is 0.0739 e. The molecule has 0 saturated heterocycles. The number of nitrogens with zero attached hydrogens (tertiary/aromatic N) is 2. The molecule has 2 aliphatic rings. The third-order valence-electron chi connectivity index (χ3n) is 3.71. The minimum Gasteiger partial charge on any atom is -0.283 e. The molecule has 0 spiro atoms. The van der Waals surface area contributed by atoms with Crippen molar-refractivity contribution >= 4 is 5.71 Å². The third-order valence-corrected chi connectivity index (χ3v) is 3.71. The second-order valence-electron chi connectivity index (χ2n) is 5.71. The highest BCUT2D eigenvalue weighted by molar-refractivity contribution is 6.02. The Balaban J connectivity index is 0.000000217. The number of hydrazone groups is 1. The van der Waals surface area contributed by atoms with Gasteiger partial charge in [0.15, 0.2) is 0 Å². The van der Waals surface area contributed by atoms with Crippen LogP contribution in [0.2, 0.25) is 0 Å². The second kappa shape index (κ2) is 7.61. The van der Waals surface area contributed by atoms with Gasteiger partial charge in [0, 0.05) is 41.9 Å². The highest BCUT2D eigenvalue weighted by Gasteiger charge is 2.25. The van der Waals surface area contributed by atoms with E-state index in [4.69, 9.17) is 6.42 Å². The first-order valence-electron chi connectivity index (χ1n) is 7.66. The van der Waals surface area contributed by atoms with Crippen molar-refractivity contribution in [1.82, 2.24) is 10.4 Å². The molecule has 3 heteroatoms. The van der Waals surface area contributed by atoms with E-state index in [2.05, 4.69) is 34.1 Å². The van der Waals surface area contributed by atoms with E-state index >= 15 is 0 Å². The topological polar surface area (TPSA) is 37.3 Å². The fraction of sp³-hybridized carbons (Fsp3) is 0.368. The average molecular weight is 293 g/mol. The molecule has 1 fully saturated rings. The number of aromatic nitrogens is 1. The van der Waals surface area contributed by atoms with Crippen LogP contribution in [0.25, 0.3) is 0 Å². The Morgan fingerprint density at radius 2 is 2.32 bits per heavy atom. The zero-order chi connectivity index (χ0) is 15.9. The van der Waals surface area contributed by atoms with E-state index in [1.807, 2.05) is 32.2 Å². The van der Waals surface area contributed by atoms with Gasteiger partial charge in [0.05, 0.1) is 5.71 Å². The summed E-state index contributed by atoms with van der Waals surface area (Å²) in [5, 5.41) is 4.25. The molecule has 1 aromatic rings. The number of hydrogen-bond donors (Lipinski definition) is 1. The Morgan fingerprint density at radius 3 is 2.82 bits per heavy atom. The summed E-state index contributed by atoms with van der Waals surface area (Å²) in [6, 6.07) is 4.18. The summed E-state index contributed by atoms with van der Waals surface area (Å²) in [5.74, 6) is 3.25. The molecule has 114 valence electrons. The van der Waals surface area contributed by atoms with E-state index in [0.29, 0.717) is 5.92 Å². The van der Waals surface area contributed by atoms with Gasteiger partial charge in [0.1, 0.15) is 0 Å². The van der Waals surface area contributed by atoms with Crippen LogP contribution in [0.4, 0.5) is 0 Å². The zero-order valence-corrected chi connectivity index (χ0v) is 13.4. The van der Waals surface area contributed by atoms with Gasteiger partial charge in [-0.2, -0.15) is 5.10 Å². The van der Waals surface area contributed by atoms with Crippen molar-refractivity contribution in [3.8, 4) is 12.3 Å². The van der Waals surface area contributed by atoms with Gasteiger partial charge in [-0.15, -0.1) is 12.3 Å². The van der Waals surface area contributed by atoms with Gasteiger partial charge in [-0.05, 0) is 38.8 Å². The van der Waals surface area contributed by atoms with Gasteiger partial charge in [-0.25, -0.2) is 0 Å². The molecule has 1 aliphatic carbocycles. The molecular formula is C19H23N3. The number of rotatable bonds is 3. The lowest BCUT2D eigenvalue weighted by Gasteiger charge is -2.01. The Bertz CT molecular complexity index is 643. The number of pyridine rings is 1. The van der Waals surface area contributed by atoms with Crippen molar-refractivity contribution in [2.24, 2.45) is 5.10 Å². The summed E-state index contributed by atoms with van der Waals surface area (Å²) in [7, 11) is 0. The maximum atomic E-state index is 5.01. The van der Waals surface area contributed by atoms with Crippen molar-refractivity contribution in [3.63, 3.8) is 0 Å². The normalized spacial score (nSPS) is 17.0. The van der Waals surface area contributed by atoms with Crippen LogP contribution in [0, 0.1) is 12.3 Å². The summed E-state index contributed by atoms with van der Waals surface area (Å²) < 4.78 is 0. The first kappa shape index (κ1) is 16.0. The SMILES string of the molecule is C#CC/C(C)=C/C.C=C1CC(c2ccnc(C3CC3)c2)=NN1. The molecule has 1 aromatic heterocycles. The van der Waals surface area contributed by atoms with Crippen LogP contribution in [0.5, 0.6) is 0 Å². The van der Waals surface area contributed by atoms with E-state index < -0.39 is 0 Å². The van der Waals surface area contributed by atoms with Crippen LogP contribution in [0.15, 0.2) is 47.4 Å². The number of hydrogen-bond acceptors (Lipinski definition) is 3. The van der Waals surface area contributed by atoms with Crippen molar-refractivity contribution in [3.05, 3.63) is 53.5 Å². The molecule has 1 saturated carbocycles. The van der Waals surface area contributed by atoms with E-state index in [0.717, 1.165) is 24.3 Å². The monoisotopic (exact) mass is 293 g/mol. The molecule has 1 N–H and O–H groups in total. The molecule has 0 radical (unpaired) electrons. The fourth-order valence-corrected chi connectivity index (χ4v) is 2.09. The van der Waals surface area contributed by atoms with Gasteiger partial charge in [-0.3, -0.25) is 10.4 Å². The molecule has 0 atom stereocenters. The summed E-state index contributed by atoms with van der Waals surface area (Å²) in [6.45, 7) is 7.88. The highest BCUT2D eigenvalue weighted by atomic mass is 15.3. The van der Waals surface area contributed by atoms with Crippen LogP contribution in [-0.4, -0.2) is 10.7 Å². The van der Waals surface area contributed by atoms with Crippen LogP contribution < -0.4 is 5.43 Å². The molecule has 22 heavy (non-hydrogen) atoms. The predicted molar refractivity (Wildman–Crippen MR) is 92.5 cm³/mol. The molecular weight excluding hydrogens is 270 g/mol. The van der Waals surface area contributed by atoms with E-state index in [-0.39, 0.29) is 0 Å². The van der Waals surface area contributed by atoms with Gasteiger partial charge < -0.3 is 0 Å². The van der Waals surface area contributed by atoms with Crippen molar-refractivity contribution < 1.29 is 0 Å². The average Bonchev–Trinajstić information content (AvgIpc) is 3.30. The third kappa shape index (κ3) is 4.60. The number of allylic oxidation sites excluding steroid dienone is 3. The Kier molecular flexibility index (Phi) is 5.55. The molecule has 3 rings (SSSR count). The minimum atomic E-state index is 0.697. The summed E-state index contributed by atoms with van der Waals surface area (Å²) in [5.41, 5.74) is 8.61. The van der Waals surface area contributed by atoms with Crippen molar-refractivity contribution in [1.29, 1.82) is 0 Å². The van der Waals surface area contributed by atoms with Crippen LogP contribution in [0.1, 0.15) is 56.7 Å². The maximum absolute atomic E-state index is 5.01. The van der Waals surface area contributed by atoms with Gasteiger partial charge in [0.2, 0.25) is 0 Å². The minimum absolute atomic E-state index is 0.697. The van der Waals surface area contributed by atoms with Crippen LogP contribution in [0.3, 0.4) is 0 Å². The van der Waals surface area contributed by atoms with Crippen molar-refractivity contribution in [2.75, 3.05) is 0 Å². The van der Waals surface area contributed by atoms with E-state index in [1.54, 1.807) is 0 Å². The molecule has 0 unspecified atom stereocenters. The molecule has 1 aliphatic heterocycles. The van der Waals surface area contributed by atoms with Crippen LogP contribution >= 0.6 is 0 Å². The number of nitrogens with one attached hydrogen (secondary N) is 1. The lowest BCUT2D eigenvalue weighted by molar-refractivity contribution is 0.931. The van der Waals surface area contributed by atoms with E-state index in [9.17, 15) is 0 Å². The summed E-state index contributed by atoms with van der Waals surface area (Å²) in [6.07, 6.45) is 13.1. The standard InChI is InChI=1S/C12H13N3.C7H10/c1-8-6-12(15-14-8)10-4-5-13-11(7-10)9-2-3-9;1-4-6-7(3)5-2/h4-5,7,9,14H,1-3,6H2;1,5H,6H2,2-3H3/b;7-5+. The van der Waals surface area contributed by atoms with Gasteiger partial charge in [-0.1, -0.05) is 18.2 Å². The highest BCUT2D eigenvalue weighted by Crippen LogP contribution is 2.39. The van der Waals surface area contributed by atoms with Gasteiger partial charge >= 0.3 is 0 Å². The zero-order valence-electron chi connectivity index (χ0n) is 13.4. The van der Waals surface area contributed by atoms with E-state index in [1.165, 1.54) is 29.7 Å².